The van der Waals surface area contributed by atoms with Gasteiger partial charge in [-0.1, -0.05) is 0 Å². The first-order valence-corrected chi connectivity index (χ1v) is 5.85. The van der Waals surface area contributed by atoms with E-state index in [9.17, 15) is 0 Å². The first-order valence-electron chi connectivity index (χ1n) is 5.22. The number of hydrogen-bond acceptors (Lipinski definition) is 3. The van der Waals surface area contributed by atoms with Crippen LogP contribution in [0, 0.1) is 0 Å². The standard InChI is InChI=1S/C10H21NOS/c1-12-8-7-11(10-4-5-10)6-2-3-9-13/h10,13H,2-9H2,1H3. The van der Waals surface area contributed by atoms with E-state index in [-0.39, 0.29) is 0 Å². The van der Waals surface area contributed by atoms with Crippen LogP contribution in [0.1, 0.15) is 25.7 Å². The normalized spacial score (nSPS) is 16.8. The van der Waals surface area contributed by atoms with Gasteiger partial charge in [-0.2, -0.15) is 12.6 Å². The van der Waals surface area contributed by atoms with Gasteiger partial charge in [-0.15, -0.1) is 0 Å². The molecule has 0 bridgehead atoms. The van der Waals surface area contributed by atoms with E-state index in [0.29, 0.717) is 0 Å². The van der Waals surface area contributed by atoms with Gasteiger partial charge in [0.25, 0.3) is 0 Å². The van der Waals surface area contributed by atoms with Crippen LogP contribution < -0.4 is 0 Å². The van der Waals surface area contributed by atoms with E-state index in [1.165, 1.54) is 32.2 Å². The Morgan fingerprint density at radius 1 is 1.31 bits per heavy atom. The fourth-order valence-corrected chi connectivity index (χ4v) is 1.78. The summed E-state index contributed by atoms with van der Waals surface area (Å²) in [5.74, 6) is 1.02. The molecule has 0 radical (unpaired) electrons. The highest BCUT2D eigenvalue weighted by Gasteiger charge is 2.27. The van der Waals surface area contributed by atoms with E-state index in [2.05, 4.69) is 17.5 Å². The number of ether oxygens (including phenoxy) is 1. The second-order valence-electron chi connectivity index (χ2n) is 3.69. The van der Waals surface area contributed by atoms with Crippen molar-refractivity contribution in [2.24, 2.45) is 0 Å². The first kappa shape index (κ1) is 11.3. The summed E-state index contributed by atoms with van der Waals surface area (Å²) in [5.41, 5.74) is 0. The van der Waals surface area contributed by atoms with Gasteiger partial charge in [0.1, 0.15) is 0 Å². The van der Waals surface area contributed by atoms with Gasteiger partial charge in [-0.05, 0) is 38.0 Å². The number of unbranched alkanes of at least 4 members (excludes halogenated alkanes) is 1. The fraction of sp³-hybridized carbons (Fsp3) is 1.00. The summed E-state index contributed by atoms with van der Waals surface area (Å²) >= 11 is 4.22. The van der Waals surface area contributed by atoms with Crippen LogP contribution in [0.4, 0.5) is 0 Å². The smallest absolute Gasteiger partial charge is 0.0589 e. The molecule has 1 aliphatic carbocycles. The molecule has 0 heterocycles. The highest BCUT2D eigenvalue weighted by Crippen LogP contribution is 2.26. The van der Waals surface area contributed by atoms with Crippen molar-refractivity contribution < 1.29 is 4.74 Å². The highest BCUT2D eigenvalue weighted by atomic mass is 32.1. The maximum absolute atomic E-state index is 5.10. The predicted molar refractivity (Wildman–Crippen MR) is 59.6 cm³/mol. The molecule has 0 unspecified atom stereocenters. The molecule has 13 heavy (non-hydrogen) atoms. The lowest BCUT2D eigenvalue weighted by atomic mass is 10.3. The Hall–Kier alpha value is 0.270. The van der Waals surface area contributed by atoms with Crippen molar-refractivity contribution >= 4 is 12.6 Å². The molecule has 0 aromatic heterocycles. The van der Waals surface area contributed by atoms with Gasteiger partial charge in [0.15, 0.2) is 0 Å². The lowest BCUT2D eigenvalue weighted by Crippen LogP contribution is -2.30. The van der Waals surface area contributed by atoms with Crippen LogP contribution >= 0.6 is 12.6 Å². The molecule has 0 amide bonds. The van der Waals surface area contributed by atoms with Crippen LogP contribution in [0.15, 0.2) is 0 Å². The molecular weight excluding hydrogens is 182 g/mol. The summed E-state index contributed by atoms with van der Waals surface area (Å²) in [6, 6.07) is 0.870. The molecule has 1 rings (SSSR count). The Balaban J connectivity index is 2.06. The van der Waals surface area contributed by atoms with Gasteiger partial charge >= 0.3 is 0 Å². The van der Waals surface area contributed by atoms with Gasteiger partial charge in [0.2, 0.25) is 0 Å². The lowest BCUT2D eigenvalue weighted by molar-refractivity contribution is 0.142. The quantitative estimate of drug-likeness (QED) is 0.477. The van der Waals surface area contributed by atoms with Crippen LogP contribution in [0.3, 0.4) is 0 Å². The Kier molecular flexibility index (Phi) is 5.83. The maximum Gasteiger partial charge on any atom is 0.0589 e. The number of thiol groups is 1. The third kappa shape index (κ3) is 4.89. The molecule has 0 spiro atoms. The van der Waals surface area contributed by atoms with Gasteiger partial charge in [-0.25, -0.2) is 0 Å². The molecule has 1 aliphatic rings. The van der Waals surface area contributed by atoms with Crippen molar-refractivity contribution in [2.75, 3.05) is 32.6 Å². The van der Waals surface area contributed by atoms with Crippen molar-refractivity contribution in [3.8, 4) is 0 Å². The summed E-state index contributed by atoms with van der Waals surface area (Å²) in [6.45, 7) is 3.21. The van der Waals surface area contributed by atoms with Crippen molar-refractivity contribution in [1.82, 2.24) is 4.90 Å². The van der Waals surface area contributed by atoms with Gasteiger partial charge < -0.3 is 4.74 Å². The average Bonchev–Trinajstić information content (AvgIpc) is 2.94. The minimum Gasteiger partial charge on any atom is -0.383 e. The number of hydrogen-bond donors (Lipinski definition) is 1. The molecule has 78 valence electrons. The van der Waals surface area contributed by atoms with E-state index in [4.69, 9.17) is 4.74 Å². The first-order chi connectivity index (χ1) is 6.38. The summed E-state index contributed by atoms with van der Waals surface area (Å²) < 4.78 is 5.10. The zero-order valence-electron chi connectivity index (χ0n) is 8.54. The van der Waals surface area contributed by atoms with Crippen LogP contribution in [-0.4, -0.2) is 43.5 Å². The Morgan fingerprint density at radius 3 is 2.62 bits per heavy atom. The highest BCUT2D eigenvalue weighted by molar-refractivity contribution is 7.80. The lowest BCUT2D eigenvalue weighted by Gasteiger charge is -2.21. The second-order valence-corrected chi connectivity index (χ2v) is 4.14. The van der Waals surface area contributed by atoms with Crippen molar-refractivity contribution in [3.05, 3.63) is 0 Å². The molecule has 2 nitrogen and oxygen atoms in total. The van der Waals surface area contributed by atoms with Crippen molar-refractivity contribution in [1.29, 1.82) is 0 Å². The average molecular weight is 203 g/mol. The SMILES string of the molecule is COCCN(CCCCS)C1CC1. The van der Waals surface area contributed by atoms with Crippen LogP contribution in [0.25, 0.3) is 0 Å². The summed E-state index contributed by atoms with van der Waals surface area (Å²) in [6.07, 6.45) is 5.30. The number of rotatable bonds is 8. The molecule has 0 aromatic carbocycles. The minimum atomic E-state index is 0.870. The monoisotopic (exact) mass is 203 g/mol. The molecule has 0 aliphatic heterocycles. The second kappa shape index (κ2) is 6.68. The summed E-state index contributed by atoms with van der Waals surface area (Å²) in [5, 5.41) is 0. The summed E-state index contributed by atoms with van der Waals surface area (Å²) in [4.78, 5) is 2.56. The topological polar surface area (TPSA) is 12.5 Å². The van der Waals surface area contributed by atoms with Gasteiger partial charge in [-0.3, -0.25) is 4.90 Å². The number of methoxy groups -OCH3 is 1. The third-order valence-corrected chi connectivity index (χ3v) is 2.82. The van der Waals surface area contributed by atoms with Crippen LogP contribution in [-0.2, 0) is 4.74 Å². The number of nitrogens with zero attached hydrogens (tertiary/aromatic N) is 1. The van der Waals surface area contributed by atoms with E-state index < -0.39 is 0 Å². The predicted octanol–water partition coefficient (Wildman–Crippen LogP) is 1.81. The molecule has 0 saturated heterocycles. The zero-order valence-corrected chi connectivity index (χ0v) is 9.43. The van der Waals surface area contributed by atoms with E-state index in [1.54, 1.807) is 7.11 Å². The van der Waals surface area contributed by atoms with E-state index >= 15 is 0 Å². The molecule has 1 saturated carbocycles. The Morgan fingerprint density at radius 2 is 2.08 bits per heavy atom. The molecule has 3 heteroatoms. The minimum absolute atomic E-state index is 0.870. The van der Waals surface area contributed by atoms with E-state index in [1.807, 2.05) is 0 Å². The van der Waals surface area contributed by atoms with Crippen molar-refractivity contribution in [2.45, 2.75) is 31.7 Å². The summed E-state index contributed by atoms with van der Waals surface area (Å²) in [7, 11) is 1.78. The van der Waals surface area contributed by atoms with Gasteiger partial charge in [0.05, 0.1) is 6.61 Å². The molecule has 0 atom stereocenters. The molecule has 0 N–H and O–H groups in total. The third-order valence-electron chi connectivity index (χ3n) is 2.50. The van der Waals surface area contributed by atoms with E-state index in [0.717, 1.165) is 24.9 Å². The largest absolute Gasteiger partial charge is 0.383 e. The van der Waals surface area contributed by atoms with Crippen LogP contribution in [0.2, 0.25) is 0 Å². The van der Waals surface area contributed by atoms with Gasteiger partial charge in [0, 0.05) is 19.7 Å². The Labute approximate surface area is 87.0 Å². The van der Waals surface area contributed by atoms with Crippen molar-refractivity contribution in [3.63, 3.8) is 0 Å². The fourth-order valence-electron chi connectivity index (χ4n) is 1.55. The molecule has 0 aromatic rings. The van der Waals surface area contributed by atoms with Crippen LogP contribution in [0.5, 0.6) is 0 Å². The molecular formula is C10H21NOS. The maximum atomic E-state index is 5.10. The Bertz CT molecular complexity index is 128. The molecule has 1 fully saturated rings. The zero-order chi connectivity index (χ0) is 9.52.